The van der Waals surface area contributed by atoms with Gasteiger partial charge in [-0.2, -0.15) is 0 Å². The predicted molar refractivity (Wildman–Crippen MR) is 34.3 cm³/mol. The van der Waals surface area contributed by atoms with Crippen molar-refractivity contribution in [3.63, 3.8) is 0 Å². The van der Waals surface area contributed by atoms with Crippen LogP contribution in [0.4, 0.5) is 0 Å². The second-order valence-electron chi connectivity index (χ2n) is 0.899. The van der Waals surface area contributed by atoms with Crippen LogP contribution in [0.25, 0.3) is 0 Å². The average molecular weight is 251 g/mol. The summed E-state index contributed by atoms with van der Waals surface area (Å²) in [6.45, 7) is 0. The van der Waals surface area contributed by atoms with E-state index in [9.17, 15) is 0 Å². The summed E-state index contributed by atoms with van der Waals surface area (Å²) in [5.74, 6) is 0. The van der Waals surface area contributed by atoms with Crippen molar-refractivity contribution < 1.29 is 36.8 Å². The monoisotopic (exact) mass is 251 g/mol. The molecule has 0 aromatic heterocycles. The molecule has 0 saturated heterocycles. The molecule has 0 aromatic carbocycles. The fraction of sp³-hybridized carbons (Fsp3) is 0. The fourth-order valence-corrected chi connectivity index (χ4v) is 0. The maximum atomic E-state index is 8.77. The quantitative estimate of drug-likeness (QED) is 0.176. The number of quaternary nitrogens is 1. The smallest absolute Gasteiger partial charge is 0.759 e. The first-order chi connectivity index (χ1) is 4.00. The summed E-state index contributed by atoms with van der Waals surface area (Å²) in [5.41, 5.74) is 0. The van der Waals surface area contributed by atoms with Crippen molar-refractivity contribution in [2.45, 2.75) is 0 Å². The Morgan fingerprint density at radius 1 is 1.17 bits per heavy atom. The normalized spacial score (nSPS) is 9.75. The third kappa shape index (κ3) is 809. The van der Waals surface area contributed by atoms with Gasteiger partial charge in [0.15, 0.2) is 0 Å². The van der Waals surface area contributed by atoms with E-state index >= 15 is 0 Å². The van der Waals surface area contributed by atoms with E-state index in [1.165, 1.54) is 0 Å². The van der Waals surface area contributed by atoms with Crippen molar-refractivity contribution in [2.75, 3.05) is 0 Å². The average Bonchev–Trinajstić information content (AvgIpc) is 1.12. The molecule has 0 aliphatic carbocycles. The van der Waals surface area contributed by atoms with Crippen LogP contribution in [0, 0.1) is 0 Å². The fourth-order valence-electron chi connectivity index (χ4n) is 0. The zero-order chi connectivity index (χ0) is 9.00. The van der Waals surface area contributed by atoms with Crippen molar-refractivity contribution in [1.82, 2.24) is 6.15 Å². The summed E-state index contributed by atoms with van der Waals surface area (Å²) in [4.78, 5) is 22.9. The first kappa shape index (κ1) is 23.2. The van der Waals surface area contributed by atoms with Crippen LogP contribution in [0.5, 0.6) is 0 Å². The Bertz CT molecular complexity index is 197. The molecule has 0 heterocycles. The van der Waals surface area contributed by atoms with E-state index < -0.39 is 18.2 Å². The molecule has 0 amide bonds. The molecule has 72 valence electrons. The van der Waals surface area contributed by atoms with Crippen molar-refractivity contribution in [1.29, 1.82) is 0 Å². The largest absolute Gasteiger partial charge is 2.00 e. The van der Waals surface area contributed by atoms with Gasteiger partial charge in [0.2, 0.25) is 0 Å². The van der Waals surface area contributed by atoms with Crippen LogP contribution in [0.2, 0.25) is 0 Å². The molecule has 12 heavy (non-hydrogen) atoms. The van der Waals surface area contributed by atoms with Crippen molar-refractivity contribution in [2.24, 2.45) is 0 Å². The summed E-state index contributed by atoms with van der Waals surface area (Å²) < 4.78 is 42.9. The molecule has 0 saturated carbocycles. The Kier molecular flexibility index (Phi) is 17.0. The van der Waals surface area contributed by atoms with Crippen molar-refractivity contribution in [3.05, 3.63) is 0 Å². The summed E-state index contributed by atoms with van der Waals surface area (Å²) in [6.07, 6.45) is 0. The van der Waals surface area contributed by atoms with Crippen molar-refractivity contribution in [3.8, 4) is 0 Å². The molecule has 9 nitrogen and oxygen atoms in total. The van der Waals surface area contributed by atoms with Crippen molar-refractivity contribution >= 4 is 56.0 Å². The molecule has 6 N–H and O–H groups in total. The molecule has 12 heteroatoms. The second-order valence-corrected chi connectivity index (χ2v) is 2.70. The minimum Gasteiger partial charge on any atom is -0.759 e. The topological polar surface area (TPSA) is 197 Å². The van der Waals surface area contributed by atoms with Gasteiger partial charge in [-0.15, -0.1) is 0 Å². The summed E-state index contributed by atoms with van der Waals surface area (Å²) in [5, 5.41) is 0. The minimum absolute atomic E-state index is 0. The summed E-state index contributed by atoms with van der Waals surface area (Å²) in [6, 6.07) is 0. The maximum absolute atomic E-state index is 8.77. The molecule has 0 rings (SSSR count). The van der Waals surface area contributed by atoms with Gasteiger partial charge in [-0.3, -0.25) is 13.0 Å². The van der Waals surface area contributed by atoms with Gasteiger partial charge in [-0.25, -0.2) is 0 Å². The third-order valence-electron chi connectivity index (χ3n) is 0. The van der Waals surface area contributed by atoms with Gasteiger partial charge >= 0.3 is 37.7 Å². The molecular formula is H6CaNO8PS. The van der Waals surface area contributed by atoms with Crippen LogP contribution in [-0.2, 0) is 15.0 Å². The second kappa shape index (κ2) is 8.78. The molecule has 0 aliphatic rings. The zero-order valence-electron chi connectivity index (χ0n) is 5.91. The van der Waals surface area contributed by atoms with Gasteiger partial charge in [0.25, 0.3) is 7.82 Å². The van der Waals surface area contributed by atoms with Gasteiger partial charge < -0.3 is 29.9 Å². The molecule has 0 fully saturated rings. The Balaban J connectivity index is -0.0000000457. The van der Waals surface area contributed by atoms with Crippen LogP contribution in [0.15, 0.2) is 0 Å². The van der Waals surface area contributed by atoms with Crippen LogP contribution >= 0.6 is 7.82 Å². The standard InChI is InChI=1S/Ca.H3N.H3O4P.H2O4S/c;;2*1-5(2,3)4/h;1H3;(H3,1,2,3,4);(H2,1,2,3,4)/q+2;;;/p-2. The molecule has 0 bridgehead atoms. The SMILES string of the molecule is O=P([O-])(O)O.O=S(=O)([O-])[O-].[Ca+2].[NH4+]. The summed E-state index contributed by atoms with van der Waals surface area (Å²) in [7, 11) is -10.1. The molecule has 0 aromatic rings. The van der Waals surface area contributed by atoms with E-state index in [1.54, 1.807) is 0 Å². The minimum atomic E-state index is -5.17. The Morgan fingerprint density at radius 3 is 1.17 bits per heavy atom. The van der Waals surface area contributed by atoms with E-state index in [1.807, 2.05) is 0 Å². The van der Waals surface area contributed by atoms with Gasteiger partial charge in [0.1, 0.15) is 0 Å². The molecule has 0 aliphatic heterocycles. The zero-order valence-corrected chi connectivity index (χ0v) is 9.83. The van der Waals surface area contributed by atoms with E-state index in [4.69, 9.17) is 36.8 Å². The molecule has 0 atom stereocenters. The van der Waals surface area contributed by atoms with E-state index in [0.29, 0.717) is 0 Å². The van der Waals surface area contributed by atoms with Crippen LogP contribution in [0.1, 0.15) is 0 Å². The van der Waals surface area contributed by atoms with Gasteiger partial charge in [-0.05, 0) is 0 Å². The first-order valence-corrected chi connectivity index (χ1v) is 4.30. The molecular weight excluding hydrogens is 245 g/mol. The number of hydrogen-bond acceptors (Lipinski definition) is 6. The van der Waals surface area contributed by atoms with E-state index in [0.717, 1.165) is 0 Å². The summed E-state index contributed by atoms with van der Waals surface area (Å²) >= 11 is 0. The molecule has 0 radical (unpaired) electrons. The molecule has 0 unspecified atom stereocenters. The van der Waals surface area contributed by atoms with E-state index in [2.05, 4.69) is 0 Å². The predicted octanol–water partition coefficient (Wildman–Crippen LogP) is -2.90. The first-order valence-electron chi connectivity index (χ1n) is 1.43. The number of rotatable bonds is 0. The van der Waals surface area contributed by atoms with Gasteiger partial charge in [0, 0.05) is 10.4 Å². The Hall–Kier alpha value is 1.20. The van der Waals surface area contributed by atoms with Crippen LogP contribution < -0.4 is 11.0 Å². The van der Waals surface area contributed by atoms with Gasteiger partial charge in [0.05, 0.1) is 0 Å². The third-order valence-corrected chi connectivity index (χ3v) is 0. The maximum Gasteiger partial charge on any atom is 2.00 e. The Morgan fingerprint density at radius 2 is 1.17 bits per heavy atom. The molecule has 0 spiro atoms. The van der Waals surface area contributed by atoms with Gasteiger partial charge in [-0.1, -0.05) is 0 Å². The number of hydrogen-bond donors (Lipinski definition) is 3. The van der Waals surface area contributed by atoms with Crippen LogP contribution in [0.3, 0.4) is 0 Å². The van der Waals surface area contributed by atoms with Crippen LogP contribution in [-0.4, -0.2) is 65.0 Å². The van der Waals surface area contributed by atoms with E-state index in [-0.39, 0.29) is 43.9 Å². The number of phosphoric acid groups is 1. The Labute approximate surface area is 98.2 Å².